The van der Waals surface area contributed by atoms with Gasteiger partial charge in [0.05, 0.1) is 5.75 Å². The second kappa shape index (κ2) is 5.35. The number of hydrogen-bond acceptors (Lipinski definition) is 5. The van der Waals surface area contributed by atoms with Gasteiger partial charge in [0.2, 0.25) is 5.95 Å². The van der Waals surface area contributed by atoms with Crippen molar-refractivity contribution in [3.8, 4) is 0 Å². The summed E-state index contributed by atoms with van der Waals surface area (Å²) in [5, 5.41) is 0.735. The van der Waals surface area contributed by atoms with E-state index in [1.807, 2.05) is 24.3 Å². The molecule has 1 saturated carbocycles. The molecule has 1 fully saturated rings. The summed E-state index contributed by atoms with van der Waals surface area (Å²) in [7, 11) is 0. The van der Waals surface area contributed by atoms with E-state index in [2.05, 4.69) is 15.0 Å². The normalized spacial score (nSPS) is 14.6. The zero-order valence-corrected chi connectivity index (χ0v) is 11.8. The lowest BCUT2D eigenvalue weighted by atomic mass is 10.4. The fraction of sp³-hybridized carbons (Fsp3) is 0.308. The number of aromatic nitrogens is 3. The summed E-state index contributed by atoms with van der Waals surface area (Å²) in [6.45, 7) is 0. The van der Waals surface area contributed by atoms with Crippen LogP contribution in [0, 0.1) is 0 Å². The van der Waals surface area contributed by atoms with E-state index in [4.69, 9.17) is 17.3 Å². The van der Waals surface area contributed by atoms with Crippen molar-refractivity contribution in [1.82, 2.24) is 15.0 Å². The van der Waals surface area contributed by atoms with Crippen LogP contribution >= 0.6 is 23.4 Å². The lowest BCUT2D eigenvalue weighted by Crippen LogP contribution is -2.05. The second-order valence-electron chi connectivity index (χ2n) is 4.49. The minimum absolute atomic E-state index is 0.318. The first-order chi connectivity index (χ1) is 9.20. The summed E-state index contributed by atoms with van der Waals surface area (Å²) in [6, 6.07) is 7.74. The molecule has 1 aliphatic carbocycles. The molecule has 6 heteroatoms. The van der Waals surface area contributed by atoms with Crippen LogP contribution in [0.5, 0.6) is 0 Å². The minimum atomic E-state index is 0.318. The molecular formula is C13H13ClN4S. The molecular weight excluding hydrogens is 280 g/mol. The molecule has 0 radical (unpaired) electrons. The molecule has 0 amide bonds. The molecule has 1 aromatic heterocycles. The standard InChI is InChI=1S/C13H13ClN4S/c14-9-2-1-3-10(6-9)19-7-11-16-12(8-4-5-8)18-13(15)17-11/h1-3,6,8H,4-5,7H2,(H2,15,16,17,18). The lowest BCUT2D eigenvalue weighted by molar-refractivity contribution is 0.858. The molecule has 0 spiro atoms. The highest BCUT2D eigenvalue weighted by Crippen LogP contribution is 2.38. The van der Waals surface area contributed by atoms with Gasteiger partial charge in [-0.15, -0.1) is 11.8 Å². The van der Waals surface area contributed by atoms with Gasteiger partial charge in [-0.2, -0.15) is 9.97 Å². The summed E-state index contributed by atoms with van der Waals surface area (Å²) < 4.78 is 0. The molecule has 1 aromatic carbocycles. The Labute approximate surface area is 120 Å². The van der Waals surface area contributed by atoms with Crippen molar-refractivity contribution in [2.75, 3.05) is 5.73 Å². The molecule has 98 valence electrons. The quantitative estimate of drug-likeness (QED) is 0.876. The summed E-state index contributed by atoms with van der Waals surface area (Å²) in [6.07, 6.45) is 2.31. The monoisotopic (exact) mass is 292 g/mol. The Hall–Kier alpha value is -1.33. The van der Waals surface area contributed by atoms with Crippen molar-refractivity contribution >= 4 is 29.3 Å². The van der Waals surface area contributed by atoms with Gasteiger partial charge in [-0.05, 0) is 31.0 Å². The molecule has 0 aliphatic heterocycles. The van der Waals surface area contributed by atoms with Crippen molar-refractivity contribution in [2.24, 2.45) is 0 Å². The van der Waals surface area contributed by atoms with Crippen LogP contribution in [0.4, 0.5) is 5.95 Å². The maximum Gasteiger partial charge on any atom is 0.223 e. The van der Waals surface area contributed by atoms with E-state index < -0.39 is 0 Å². The molecule has 0 atom stereocenters. The van der Waals surface area contributed by atoms with E-state index in [0.29, 0.717) is 17.6 Å². The Kier molecular flexibility index (Phi) is 3.57. The number of nitrogen functional groups attached to an aromatic ring is 1. The van der Waals surface area contributed by atoms with Crippen molar-refractivity contribution in [2.45, 2.75) is 29.4 Å². The third-order valence-electron chi connectivity index (χ3n) is 2.82. The van der Waals surface area contributed by atoms with Crippen LogP contribution in [-0.4, -0.2) is 15.0 Å². The maximum atomic E-state index is 5.95. The molecule has 2 N–H and O–H groups in total. The van der Waals surface area contributed by atoms with Crippen LogP contribution in [0.25, 0.3) is 0 Å². The van der Waals surface area contributed by atoms with Gasteiger partial charge in [0, 0.05) is 15.8 Å². The average molecular weight is 293 g/mol. The van der Waals surface area contributed by atoms with Crippen LogP contribution in [0.15, 0.2) is 29.2 Å². The molecule has 4 nitrogen and oxygen atoms in total. The fourth-order valence-electron chi connectivity index (χ4n) is 1.75. The summed E-state index contributed by atoms with van der Waals surface area (Å²) in [4.78, 5) is 13.9. The van der Waals surface area contributed by atoms with Crippen LogP contribution in [0.1, 0.15) is 30.4 Å². The van der Waals surface area contributed by atoms with Gasteiger partial charge in [0.15, 0.2) is 0 Å². The molecule has 3 rings (SSSR count). The smallest absolute Gasteiger partial charge is 0.223 e. The Morgan fingerprint density at radius 2 is 2.11 bits per heavy atom. The van der Waals surface area contributed by atoms with Gasteiger partial charge < -0.3 is 5.73 Å². The van der Waals surface area contributed by atoms with E-state index >= 15 is 0 Å². The van der Waals surface area contributed by atoms with Crippen LogP contribution in [-0.2, 0) is 5.75 Å². The summed E-state index contributed by atoms with van der Waals surface area (Å²) >= 11 is 7.60. The van der Waals surface area contributed by atoms with Crippen LogP contribution in [0.2, 0.25) is 5.02 Å². The first-order valence-electron chi connectivity index (χ1n) is 6.09. The third kappa shape index (κ3) is 3.36. The second-order valence-corrected chi connectivity index (χ2v) is 5.97. The largest absolute Gasteiger partial charge is 0.368 e. The Balaban J connectivity index is 1.72. The van der Waals surface area contributed by atoms with Crippen molar-refractivity contribution in [3.05, 3.63) is 40.9 Å². The number of hydrogen-bond donors (Lipinski definition) is 1. The Morgan fingerprint density at radius 1 is 1.26 bits per heavy atom. The summed E-state index contributed by atoms with van der Waals surface area (Å²) in [5.74, 6) is 3.06. The van der Waals surface area contributed by atoms with E-state index in [1.165, 1.54) is 0 Å². The van der Waals surface area contributed by atoms with Crippen molar-refractivity contribution < 1.29 is 0 Å². The van der Waals surface area contributed by atoms with Gasteiger partial charge in [0.1, 0.15) is 11.6 Å². The van der Waals surface area contributed by atoms with Crippen molar-refractivity contribution in [1.29, 1.82) is 0 Å². The maximum absolute atomic E-state index is 5.95. The first kappa shape index (κ1) is 12.7. The first-order valence-corrected chi connectivity index (χ1v) is 7.46. The van der Waals surface area contributed by atoms with E-state index in [0.717, 1.165) is 34.4 Å². The average Bonchev–Trinajstić information content (AvgIpc) is 3.20. The highest BCUT2D eigenvalue weighted by atomic mass is 35.5. The zero-order valence-electron chi connectivity index (χ0n) is 10.2. The predicted octanol–water partition coefficient (Wildman–Crippen LogP) is 3.28. The predicted molar refractivity (Wildman–Crippen MR) is 77.2 cm³/mol. The number of rotatable bonds is 4. The van der Waals surface area contributed by atoms with E-state index in [-0.39, 0.29) is 0 Å². The van der Waals surface area contributed by atoms with Gasteiger partial charge in [0.25, 0.3) is 0 Å². The minimum Gasteiger partial charge on any atom is -0.368 e. The summed E-state index contributed by atoms with van der Waals surface area (Å²) in [5.41, 5.74) is 5.73. The van der Waals surface area contributed by atoms with Gasteiger partial charge in [-0.1, -0.05) is 17.7 Å². The number of nitrogens with zero attached hydrogens (tertiary/aromatic N) is 3. The Morgan fingerprint density at radius 3 is 2.84 bits per heavy atom. The molecule has 1 heterocycles. The molecule has 1 aliphatic rings. The van der Waals surface area contributed by atoms with Crippen LogP contribution < -0.4 is 5.73 Å². The highest BCUT2D eigenvalue weighted by molar-refractivity contribution is 7.98. The zero-order chi connectivity index (χ0) is 13.2. The van der Waals surface area contributed by atoms with E-state index in [1.54, 1.807) is 11.8 Å². The van der Waals surface area contributed by atoms with Crippen molar-refractivity contribution in [3.63, 3.8) is 0 Å². The fourth-order valence-corrected chi connectivity index (χ4v) is 2.82. The molecule has 2 aromatic rings. The molecule has 0 saturated heterocycles. The number of halogens is 1. The topological polar surface area (TPSA) is 64.7 Å². The molecule has 0 unspecified atom stereocenters. The van der Waals surface area contributed by atoms with Gasteiger partial charge >= 0.3 is 0 Å². The van der Waals surface area contributed by atoms with Gasteiger partial charge in [-0.3, -0.25) is 0 Å². The number of nitrogens with two attached hydrogens (primary N) is 1. The number of thioether (sulfide) groups is 1. The third-order valence-corrected chi connectivity index (χ3v) is 4.05. The number of benzene rings is 1. The molecule has 19 heavy (non-hydrogen) atoms. The lowest BCUT2D eigenvalue weighted by Gasteiger charge is -2.04. The Bertz CT molecular complexity index is 601. The SMILES string of the molecule is Nc1nc(CSc2cccc(Cl)c2)nc(C2CC2)n1. The van der Waals surface area contributed by atoms with Crippen LogP contribution in [0.3, 0.4) is 0 Å². The van der Waals surface area contributed by atoms with E-state index in [9.17, 15) is 0 Å². The number of anilines is 1. The highest BCUT2D eigenvalue weighted by Gasteiger charge is 2.27. The molecule has 0 bridgehead atoms. The van der Waals surface area contributed by atoms with Gasteiger partial charge in [-0.25, -0.2) is 4.98 Å².